The topological polar surface area (TPSA) is 69.4 Å². The third kappa shape index (κ3) is 4.23. The molecule has 4 nitrogen and oxygen atoms in total. The highest BCUT2D eigenvalue weighted by Crippen LogP contribution is 2.22. The van der Waals surface area contributed by atoms with Crippen LogP contribution < -0.4 is 9.88 Å². The third-order valence-corrected chi connectivity index (χ3v) is 2.93. The first-order valence-corrected chi connectivity index (χ1v) is 5.97. The molecule has 0 aliphatic carbocycles. The second kappa shape index (κ2) is 4.53. The summed E-state index contributed by atoms with van der Waals surface area (Å²) in [4.78, 5) is -0.142. The Morgan fingerprint density at radius 2 is 1.94 bits per heavy atom. The quantitative estimate of drug-likeness (QED) is 0.905. The van der Waals surface area contributed by atoms with Crippen molar-refractivity contribution < 1.29 is 26.3 Å². The highest BCUT2D eigenvalue weighted by Gasteiger charge is 2.28. The molecular weight excluding hydrogens is 259 g/mol. The Morgan fingerprint density at radius 3 is 2.35 bits per heavy atom. The van der Waals surface area contributed by atoms with Crippen LogP contribution in [-0.4, -0.2) is 21.2 Å². The van der Waals surface area contributed by atoms with Crippen molar-refractivity contribution in [2.75, 3.05) is 6.61 Å². The van der Waals surface area contributed by atoms with Gasteiger partial charge in [0.1, 0.15) is 5.75 Å². The number of primary sulfonamides is 1. The van der Waals surface area contributed by atoms with E-state index in [0.29, 0.717) is 0 Å². The molecule has 0 bridgehead atoms. The van der Waals surface area contributed by atoms with Crippen molar-refractivity contribution in [3.8, 4) is 5.75 Å². The minimum atomic E-state index is -4.44. The van der Waals surface area contributed by atoms with E-state index in [2.05, 4.69) is 4.74 Å². The number of aryl methyl sites for hydroxylation is 1. The van der Waals surface area contributed by atoms with Crippen LogP contribution in [0.5, 0.6) is 5.75 Å². The summed E-state index contributed by atoms with van der Waals surface area (Å²) in [5.74, 6) is -0.0628. The molecule has 0 aliphatic heterocycles. The molecule has 0 spiro atoms. The van der Waals surface area contributed by atoms with Crippen LogP contribution in [0, 0.1) is 6.92 Å². The van der Waals surface area contributed by atoms with Crippen molar-refractivity contribution in [2.45, 2.75) is 18.0 Å². The summed E-state index contributed by atoms with van der Waals surface area (Å²) in [5.41, 5.74) is 0.229. The maximum absolute atomic E-state index is 11.9. The minimum absolute atomic E-state index is 0.0628. The van der Waals surface area contributed by atoms with Crippen LogP contribution in [-0.2, 0) is 10.0 Å². The molecule has 1 aromatic carbocycles. The average molecular weight is 269 g/mol. The normalized spacial score (nSPS) is 12.5. The predicted molar refractivity (Wildman–Crippen MR) is 54.1 cm³/mol. The largest absolute Gasteiger partial charge is 0.484 e. The van der Waals surface area contributed by atoms with Gasteiger partial charge in [0.25, 0.3) is 0 Å². The molecule has 1 aromatic rings. The summed E-state index contributed by atoms with van der Waals surface area (Å²) >= 11 is 0. The van der Waals surface area contributed by atoms with Crippen molar-refractivity contribution in [2.24, 2.45) is 5.14 Å². The zero-order valence-electron chi connectivity index (χ0n) is 8.78. The number of ether oxygens (including phenoxy) is 1. The van der Waals surface area contributed by atoms with Gasteiger partial charge in [-0.05, 0) is 30.7 Å². The molecule has 0 aromatic heterocycles. The summed E-state index contributed by atoms with van der Waals surface area (Å²) in [6, 6.07) is 3.42. The fourth-order valence-corrected chi connectivity index (χ4v) is 1.96. The molecule has 17 heavy (non-hydrogen) atoms. The maximum Gasteiger partial charge on any atom is 0.422 e. The number of halogens is 3. The van der Waals surface area contributed by atoms with Crippen LogP contribution in [0.1, 0.15) is 5.56 Å². The van der Waals surface area contributed by atoms with E-state index in [4.69, 9.17) is 5.14 Å². The van der Waals surface area contributed by atoms with E-state index in [0.717, 1.165) is 12.1 Å². The summed E-state index contributed by atoms with van der Waals surface area (Å²) in [6.45, 7) is -0.0125. The van der Waals surface area contributed by atoms with Gasteiger partial charge in [0.05, 0.1) is 4.90 Å². The van der Waals surface area contributed by atoms with Crippen LogP contribution in [0.2, 0.25) is 0 Å². The fourth-order valence-electron chi connectivity index (χ4n) is 1.20. The zero-order valence-corrected chi connectivity index (χ0v) is 9.60. The second-order valence-corrected chi connectivity index (χ2v) is 4.91. The molecule has 8 heteroatoms. The highest BCUT2D eigenvalue weighted by atomic mass is 32.2. The van der Waals surface area contributed by atoms with E-state index in [1.165, 1.54) is 13.0 Å². The van der Waals surface area contributed by atoms with Crippen molar-refractivity contribution in [1.82, 2.24) is 0 Å². The Labute approximate surface area is 96.2 Å². The fraction of sp³-hybridized carbons (Fsp3) is 0.333. The van der Waals surface area contributed by atoms with Crippen molar-refractivity contribution in [1.29, 1.82) is 0 Å². The lowest BCUT2D eigenvalue weighted by atomic mass is 10.2. The summed E-state index contributed by atoms with van der Waals surface area (Å²) < 4.78 is 62.1. The zero-order chi connectivity index (χ0) is 13.3. The van der Waals surface area contributed by atoms with E-state index in [9.17, 15) is 21.6 Å². The third-order valence-electron chi connectivity index (χ3n) is 1.86. The van der Waals surface area contributed by atoms with Crippen molar-refractivity contribution in [3.63, 3.8) is 0 Å². The summed E-state index contributed by atoms with van der Waals surface area (Å²) in [6.07, 6.45) is -4.44. The Morgan fingerprint density at radius 1 is 1.35 bits per heavy atom. The van der Waals surface area contributed by atoms with Gasteiger partial charge in [-0.25, -0.2) is 13.6 Å². The molecule has 0 saturated carbocycles. The number of hydrogen-bond acceptors (Lipinski definition) is 3. The molecule has 0 atom stereocenters. The van der Waals surface area contributed by atoms with Gasteiger partial charge in [-0.3, -0.25) is 0 Å². The van der Waals surface area contributed by atoms with Gasteiger partial charge < -0.3 is 4.74 Å². The number of nitrogens with two attached hydrogens (primary N) is 1. The maximum atomic E-state index is 11.9. The van der Waals surface area contributed by atoms with Crippen LogP contribution in [0.25, 0.3) is 0 Å². The van der Waals surface area contributed by atoms with Gasteiger partial charge in [-0.1, -0.05) is 0 Å². The van der Waals surface area contributed by atoms with Crippen molar-refractivity contribution >= 4 is 10.0 Å². The molecule has 0 radical (unpaired) electrons. The predicted octanol–water partition coefficient (Wildman–Crippen LogP) is 1.58. The van der Waals surface area contributed by atoms with Gasteiger partial charge in [-0.15, -0.1) is 0 Å². The number of benzene rings is 1. The minimum Gasteiger partial charge on any atom is -0.484 e. The molecule has 0 saturated heterocycles. The first kappa shape index (κ1) is 13.8. The number of sulfonamides is 1. The van der Waals surface area contributed by atoms with E-state index < -0.39 is 22.8 Å². The molecule has 2 N–H and O–H groups in total. The van der Waals surface area contributed by atoms with Gasteiger partial charge in [0, 0.05) is 0 Å². The lowest BCUT2D eigenvalue weighted by Crippen LogP contribution is -2.19. The molecule has 0 aliphatic rings. The Hall–Kier alpha value is -1.28. The molecular formula is C9H10F3NO3S. The van der Waals surface area contributed by atoms with Crippen molar-refractivity contribution in [3.05, 3.63) is 23.8 Å². The molecule has 0 unspecified atom stereocenters. The molecule has 0 amide bonds. The lowest BCUT2D eigenvalue weighted by molar-refractivity contribution is -0.153. The van der Waals surface area contributed by atoms with Crippen LogP contribution in [0.4, 0.5) is 13.2 Å². The molecule has 96 valence electrons. The first-order valence-electron chi connectivity index (χ1n) is 4.42. The van der Waals surface area contributed by atoms with Gasteiger partial charge in [-0.2, -0.15) is 13.2 Å². The summed E-state index contributed by atoms with van der Waals surface area (Å²) in [7, 11) is -3.87. The lowest BCUT2D eigenvalue weighted by Gasteiger charge is -2.10. The average Bonchev–Trinajstić information content (AvgIpc) is 2.11. The molecule has 0 heterocycles. The Bertz CT molecular complexity index is 511. The summed E-state index contributed by atoms with van der Waals surface area (Å²) in [5, 5.41) is 4.90. The van der Waals surface area contributed by atoms with Gasteiger partial charge in [0.2, 0.25) is 10.0 Å². The molecule has 0 fully saturated rings. The second-order valence-electron chi connectivity index (χ2n) is 3.38. The van der Waals surface area contributed by atoms with E-state index >= 15 is 0 Å². The van der Waals surface area contributed by atoms with Crippen LogP contribution in [0.3, 0.4) is 0 Å². The van der Waals surface area contributed by atoms with E-state index in [-0.39, 0.29) is 16.2 Å². The Balaban J connectivity index is 2.91. The van der Waals surface area contributed by atoms with Crippen LogP contribution >= 0.6 is 0 Å². The standard InChI is InChI=1S/C9H10F3NO3S/c1-6-4-7(16-5-9(10,11)12)2-3-8(6)17(13,14)15/h2-4H,5H2,1H3,(H2,13,14,15). The van der Waals surface area contributed by atoms with Gasteiger partial charge >= 0.3 is 6.18 Å². The highest BCUT2D eigenvalue weighted by molar-refractivity contribution is 7.89. The van der Waals surface area contributed by atoms with E-state index in [1.54, 1.807) is 0 Å². The molecule has 1 rings (SSSR count). The Kier molecular flexibility index (Phi) is 3.68. The SMILES string of the molecule is Cc1cc(OCC(F)(F)F)ccc1S(N)(=O)=O. The smallest absolute Gasteiger partial charge is 0.422 e. The number of hydrogen-bond donors (Lipinski definition) is 1. The monoisotopic (exact) mass is 269 g/mol. The first-order chi connectivity index (χ1) is 7.59. The van der Waals surface area contributed by atoms with E-state index in [1.807, 2.05) is 0 Å². The van der Waals surface area contributed by atoms with Gasteiger partial charge in [0.15, 0.2) is 6.61 Å². The number of alkyl halides is 3. The van der Waals surface area contributed by atoms with Crippen LogP contribution in [0.15, 0.2) is 23.1 Å². The number of rotatable bonds is 3.